The molecule has 0 aliphatic heterocycles. The molecule has 1 aromatic heterocycles. The Balaban J connectivity index is 3.21. The van der Waals surface area contributed by atoms with Crippen molar-refractivity contribution in [2.45, 2.75) is 79.9 Å². The zero-order valence-corrected chi connectivity index (χ0v) is 15.2. The highest BCUT2D eigenvalue weighted by molar-refractivity contribution is 5.52. The van der Waals surface area contributed by atoms with Crippen molar-refractivity contribution in [1.29, 1.82) is 0 Å². The van der Waals surface area contributed by atoms with E-state index in [-0.39, 0.29) is 5.54 Å². The molecule has 0 fully saturated rings. The van der Waals surface area contributed by atoms with Crippen molar-refractivity contribution in [3.05, 3.63) is 22.9 Å². The van der Waals surface area contributed by atoms with Crippen LogP contribution in [0.25, 0.3) is 0 Å². The summed E-state index contributed by atoms with van der Waals surface area (Å²) < 4.78 is 0. The molecule has 3 nitrogen and oxygen atoms in total. The van der Waals surface area contributed by atoms with Gasteiger partial charge in [0.1, 0.15) is 5.82 Å². The Morgan fingerprint density at radius 1 is 1.24 bits per heavy atom. The number of rotatable bonds is 6. The zero-order valence-electron chi connectivity index (χ0n) is 15.2. The molecule has 120 valence electrons. The van der Waals surface area contributed by atoms with Gasteiger partial charge in [-0.15, -0.1) is 0 Å². The Kier molecular flexibility index (Phi) is 6.21. The molecule has 0 saturated heterocycles. The van der Waals surface area contributed by atoms with Crippen molar-refractivity contribution in [2.75, 3.05) is 11.4 Å². The lowest BCUT2D eigenvalue weighted by atomic mass is 10.0. The Hall–Kier alpha value is -1.09. The zero-order chi connectivity index (χ0) is 16.2. The Labute approximate surface area is 131 Å². The van der Waals surface area contributed by atoms with E-state index in [1.54, 1.807) is 0 Å². The van der Waals surface area contributed by atoms with Gasteiger partial charge in [0, 0.05) is 35.9 Å². The maximum absolute atomic E-state index is 4.86. The van der Waals surface area contributed by atoms with Gasteiger partial charge in [-0.25, -0.2) is 4.98 Å². The van der Waals surface area contributed by atoms with E-state index in [4.69, 9.17) is 4.98 Å². The minimum atomic E-state index is 0.113. The highest BCUT2D eigenvalue weighted by Gasteiger charge is 2.19. The fourth-order valence-corrected chi connectivity index (χ4v) is 2.50. The van der Waals surface area contributed by atoms with Gasteiger partial charge in [-0.2, -0.15) is 0 Å². The summed E-state index contributed by atoms with van der Waals surface area (Å²) >= 11 is 0. The smallest absolute Gasteiger partial charge is 0.133 e. The molecule has 0 saturated carbocycles. The van der Waals surface area contributed by atoms with Crippen molar-refractivity contribution in [3.63, 3.8) is 0 Å². The molecule has 0 spiro atoms. The summed E-state index contributed by atoms with van der Waals surface area (Å²) in [6.45, 7) is 19.5. The van der Waals surface area contributed by atoms with Gasteiger partial charge in [-0.3, -0.25) is 0 Å². The SMILES string of the molecule is CCCN(c1nc(C)cc(C)c1CNC(C)(C)C)C(C)C. The van der Waals surface area contributed by atoms with Gasteiger partial charge in [-0.1, -0.05) is 6.92 Å². The summed E-state index contributed by atoms with van der Waals surface area (Å²) in [4.78, 5) is 7.29. The monoisotopic (exact) mass is 291 g/mol. The second-order valence-electron chi connectivity index (χ2n) is 7.27. The van der Waals surface area contributed by atoms with Crippen LogP contribution in [-0.4, -0.2) is 23.1 Å². The number of anilines is 1. The first-order valence-corrected chi connectivity index (χ1v) is 8.14. The van der Waals surface area contributed by atoms with E-state index in [2.05, 4.69) is 71.7 Å². The predicted octanol–water partition coefficient (Wildman–Crippen LogP) is 4.21. The summed E-state index contributed by atoms with van der Waals surface area (Å²) in [5, 5.41) is 3.61. The van der Waals surface area contributed by atoms with E-state index >= 15 is 0 Å². The molecule has 21 heavy (non-hydrogen) atoms. The topological polar surface area (TPSA) is 28.2 Å². The van der Waals surface area contributed by atoms with Gasteiger partial charge in [0.25, 0.3) is 0 Å². The van der Waals surface area contributed by atoms with Crippen LogP contribution in [0.2, 0.25) is 0 Å². The van der Waals surface area contributed by atoms with E-state index < -0.39 is 0 Å². The fourth-order valence-electron chi connectivity index (χ4n) is 2.50. The van der Waals surface area contributed by atoms with E-state index in [9.17, 15) is 0 Å². The summed E-state index contributed by atoms with van der Waals surface area (Å²) in [6.07, 6.45) is 1.14. The quantitative estimate of drug-likeness (QED) is 0.851. The second kappa shape index (κ2) is 7.26. The van der Waals surface area contributed by atoms with Crippen LogP contribution in [0.1, 0.15) is 64.8 Å². The number of hydrogen-bond acceptors (Lipinski definition) is 3. The molecular formula is C18H33N3. The first kappa shape index (κ1) is 18.0. The van der Waals surface area contributed by atoms with Gasteiger partial charge in [-0.05, 0) is 66.5 Å². The fraction of sp³-hybridized carbons (Fsp3) is 0.722. The highest BCUT2D eigenvalue weighted by Crippen LogP contribution is 2.25. The molecule has 0 aliphatic rings. The third kappa shape index (κ3) is 5.31. The van der Waals surface area contributed by atoms with Crippen LogP contribution in [0, 0.1) is 13.8 Å². The lowest BCUT2D eigenvalue weighted by Gasteiger charge is -2.31. The van der Waals surface area contributed by atoms with Crippen molar-refractivity contribution in [2.24, 2.45) is 0 Å². The third-order valence-corrected chi connectivity index (χ3v) is 3.61. The molecule has 0 aliphatic carbocycles. The lowest BCUT2D eigenvalue weighted by Crippen LogP contribution is -2.38. The number of nitrogens with zero attached hydrogens (tertiary/aromatic N) is 2. The normalized spacial score (nSPS) is 12.0. The molecule has 0 amide bonds. The van der Waals surface area contributed by atoms with E-state index in [1.165, 1.54) is 11.1 Å². The first-order valence-electron chi connectivity index (χ1n) is 8.14. The Morgan fingerprint density at radius 3 is 2.33 bits per heavy atom. The van der Waals surface area contributed by atoms with Crippen molar-refractivity contribution >= 4 is 5.82 Å². The lowest BCUT2D eigenvalue weighted by molar-refractivity contribution is 0.423. The minimum Gasteiger partial charge on any atom is -0.354 e. The second-order valence-corrected chi connectivity index (χ2v) is 7.27. The molecule has 0 unspecified atom stereocenters. The largest absolute Gasteiger partial charge is 0.354 e. The standard InChI is InChI=1S/C18H33N3/c1-9-10-21(13(2)3)17-16(12-19-18(6,7)8)14(4)11-15(5)20-17/h11,13,19H,9-10,12H2,1-8H3. The number of aromatic nitrogens is 1. The summed E-state index contributed by atoms with van der Waals surface area (Å²) in [7, 11) is 0. The number of nitrogens with one attached hydrogen (secondary N) is 1. The summed E-state index contributed by atoms with van der Waals surface area (Å²) in [6, 6.07) is 2.65. The van der Waals surface area contributed by atoms with Gasteiger partial charge >= 0.3 is 0 Å². The molecule has 1 heterocycles. The third-order valence-electron chi connectivity index (χ3n) is 3.61. The molecule has 0 aromatic carbocycles. The number of aryl methyl sites for hydroxylation is 2. The van der Waals surface area contributed by atoms with E-state index in [0.717, 1.165) is 31.0 Å². The average molecular weight is 291 g/mol. The van der Waals surface area contributed by atoms with Crippen LogP contribution in [0.4, 0.5) is 5.82 Å². The molecule has 0 atom stereocenters. The van der Waals surface area contributed by atoms with Crippen LogP contribution in [0.3, 0.4) is 0 Å². The van der Waals surface area contributed by atoms with Crippen molar-refractivity contribution in [3.8, 4) is 0 Å². The molecule has 0 radical (unpaired) electrons. The molecule has 1 N–H and O–H groups in total. The molecule has 1 aromatic rings. The average Bonchev–Trinajstić information content (AvgIpc) is 2.32. The van der Waals surface area contributed by atoms with Gasteiger partial charge in [0.15, 0.2) is 0 Å². The van der Waals surface area contributed by atoms with Gasteiger partial charge in [0.05, 0.1) is 0 Å². The van der Waals surface area contributed by atoms with Crippen LogP contribution in [-0.2, 0) is 6.54 Å². The van der Waals surface area contributed by atoms with Crippen molar-refractivity contribution in [1.82, 2.24) is 10.3 Å². The van der Waals surface area contributed by atoms with Crippen LogP contribution >= 0.6 is 0 Å². The highest BCUT2D eigenvalue weighted by atomic mass is 15.2. The van der Waals surface area contributed by atoms with Gasteiger partial charge in [0.2, 0.25) is 0 Å². The Bertz CT molecular complexity index is 458. The predicted molar refractivity (Wildman–Crippen MR) is 93.1 cm³/mol. The maximum Gasteiger partial charge on any atom is 0.133 e. The summed E-state index contributed by atoms with van der Waals surface area (Å²) in [5.74, 6) is 1.15. The van der Waals surface area contributed by atoms with Crippen LogP contribution in [0.15, 0.2) is 6.07 Å². The minimum absolute atomic E-state index is 0.113. The molecule has 1 rings (SSSR count). The van der Waals surface area contributed by atoms with Crippen molar-refractivity contribution < 1.29 is 0 Å². The summed E-state index contributed by atoms with van der Waals surface area (Å²) in [5.41, 5.74) is 3.87. The van der Waals surface area contributed by atoms with E-state index in [1.807, 2.05) is 0 Å². The van der Waals surface area contributed by atoms with Gasteiger partial charge < -0.3 is 10.2 Å². The van der Waals surface area contributed by atoms with E-state index in [0.29, 0.717) is 6.04 Å². The molecule has 0 bridgehead atoms. The first-order chi connectivity index (χ1) is 9.65. The van der Waals surface area contributed by atoms with Crippen LogP contribution in [0.5, 0.6) is 0 Å². The maximum atomic E-state index is 4.86. The Morgan fingerprint density at radius 2 is 1.86 bits per heavy atom. The molecule has 3 heteroatoms. The number of pyridine rings is 1. The number of hydrogen-bond donors (Lipinski definition) is 1. The molecular weight excluding hydrogens is 258 g/mol. The van der Waals surface area contributed by atoms with Crippen LogP contribution < -0.4 is 10.2 Å².